The molecule has 0 saturated heterocycles. The first kappa shape index (κ1) is 13.4. The van der Waals surface area contributed by atoms with Gasteiger partial charge in [0.25, 0.3) is 0 Å². The molecule has 0 aliphatic heterocycles. The minimum Gasteiger partial charge on any atom is -0.387 e. The second-order valence-corrected chi connectivity index (χ2v) is 3.16. The van der Waals surface area contributed by atoms with Crippen LogP contribution in [0, 0.1) is 0 Å². The van der Waals surface area contributed by atoms with Crippen LogP contribution >= 0.6 is 12.4 Å². The van der Waals surface area contributed by atoms with Crippen molar-refractivity contribution in [3.63, 3.8) is 0 Å². The highest BCUT2D eigenvalue weighted by Crippen LogP contribution is 2.17. The van der Waals surface area contributed by atoms with Crippen molar-refractivity contribution in [2.75, 3.05) is 7.05 Å². The first-order valence-corrected chi connectivity index (χ1v) is 4.69. The number of benzene rings is 1. The summed E-state index contributed by atoms with van der Waals surface area (Å²) in [4.78, 5) is 0. The van der Waals surface area contributed by atoms with Crippen molar-refractivity contribution in [2.24, 2.45) is 0 Å². The molecule has 2 N–H and O–H groups in total. The summed E-state index contributed by atoms with van der Waals surface area (Å²) in [5.41, 5.74) is 0.976. The molecule has 0 unspecified atom stereocenters. The standard InChI is InChI=1S/C11H17NO.ClH/c1-3-10(12-2)11(13)9-7-5-4-6-8-9;/h4-8,10-13H,3H2,1-2H3;1H/t10-,11-;/m0./s1. The summed E-state index contributed by atoms with van der Waals surface area (Å²) in [7, 11) is 1.88. The topological polar surface area (TPSA) is 32.3 Å². The van der Waals surface area contributed by atoms with Crippen molar-refractivity contribution in [3.05, 3.63) is 35.9 Å². The Morgan fingerprint density at radius 1 is 1.29 bits per heavy atom. The molecule has 0 aromatic heterocycles. The Morgan fingerprint density at radius 3 is 2.29 bits per heavy atom. The number of aliphatic hydroxyl groups is 1. The Kier molecular flexibility index (Phi) is 6.54. The van der Waals surface area contributed by atoms with Crippen LogP contribution in [-0.4, -0.2) is 18.2 Å². The third-order valence-electron chi connectivity index (χ3n) is 2.33. The van der Waals surface area contributed by atoms with Crippen molar-refractivity contribution in [3.8, 4) is 0 Å². The van der Waals surface area contributed by atoms with Gasteiger partial charge in [-0.05, 0) is 19.0 Å². The van der Waals surface area contributed by atoms with Crippen LogP contribution in [0.3, 0.4) is 0 Å². The molecule has 0 bridgehead atoms. The zero-order valence-corrected chi connectivity index (χ0v) is 9.42. The van der Waals surface area contributed by atoms with Crippen LogP contribution in [0.5, 0.6) is 0 Å². The Labute approximate surface area is 91.8 Å². The molecule has 0 aliphatic carbocycles. The number of likely N-dealkylation sites (N-methyl/N-ethyl adjacent to an activating group) is 1. The molecule has 0 heterocycles. The summed E-state index contributed by atoms with van der Waals surface area (Å²) in [6, 6.07) is 9.88. The predicted molar refractivity (Wildman–Crippen MR) is 61.8 cm³/mol. The third-order valence-corrected chi connectivity index (χ3v) is 2.33. The second-order valence-electron chi connectivity index (χ2n) is 3.16. The molecule has 0 amide bonds. The van der Waals surface area contributed by atoms with Gasteiger partial charge in [-0.2, -0.15) is 0 Å². The number of halogens is 1. The first-order chi connectivity index (χ1) is 6.29. The van der Waals surface area contributed by atoms with Crippen LogP contribution in [0.1, 0.15) is 25.0 Å². The van der Waals surface area contributed by atoms with Crippen LogP contribution in [0.15, 0.2) is 30.3 Å². The summed E-state index contributed by atoms with van der Waals surface area (Å²) >= 11 is 0. The molecule has 0 saturated carbocycles. The highest BCUT2D eigenvalue weighted by molar-refractivity contribution is 5.85. The van der Waals surface area contributed by atoms with E-state index in [1.165, 1.54) is 0 Å². The number of rotatable bonds is 4. The van der Waals surface area contributed by atoms with Gasteiger partial charge in [-0.3, -0.25) is 0 Å². The van der Waals surface area contributed by atoms with E-state index < -0.39 is 6.10 Å². The van der Waals surface area contributed by atoms with Gasteiger partial charge in [-0.15, -0.1) is 12.4 Å². The zero-order valence-electron chi connectivity index (χ0n) is 8.60. The average Bonchev–Trinajstić information content (AvgIpc) is 2.21. The van der Waals surface area contributed by atoms with Gasteiger partial charge in [0.15, 0.2) is 0 Å². The maximum absolute atomic E-state index is 9.92. The maximum Gasteiger partial charge on any atom is 0.0942 e. The number of hydrogen-bond donors (Lipinski definition) is 2. The van der Waals surface area contributed by atoms with Gasteiger partial charge in [-0.25, -0.2) is 0 Å². The van der Waals surface area contributed by atoms with E-state index in [4.69, 9.17) is 0 Å². The molecule has 1 aromatic carbocycles. The van der Waals surface area contributed by atoms with E-state index in [0.717, 1.165) is 12.0 Å². The van der Waals surface area contributed by atoms with Crippen LogP contribution < -0.4 is 5.32 Å². The minimum atomic E-state index is -0.406. The Morgan fingerprint density at radius 2 is 1.86 bits per heavy atom. The average molecular weight is 216 g/mol. The smallest absolute Gasteiger partial charge is 0.0942 e. The fourth-order valence-corrected chi connectivity index (χ4v) is 1.47. The summed E-state index contributed by atoms with van der Waals surface area (Å²) < 4.78 is 0. The van der Waals surface area contributed by atoms with Gasteiger partial charge in [0.05, 0.1) is 6.10 Å². The van der Waals surface area contributed by atoms with Gasteiger partial charge in [0.2, 0.25) is 0 Å². The van der Waals surface area contributed by atoms with Crippen LogP contribution in [-0.2, 0) is 0 Å². The Hall–Kier alpha value is -0.570. The first-order valence-electron chi connectivity index (χ1n) is 4.69. The third kappa shape index (κ3) is 3.29. The lowest BCUT2D eigenvalue weighted by molar-refractivity contribution is 0.130. The summed E-state index contributed by atoms with van der Waals surface area (Å²) in [5.74, 6) is 0. The fourth-order valence-electron chi connectivity index (χ4n) is 1.47. The molecule has 2 nitrogen and oxygen atoms in total. The van der Waals surface area contributed by atoms with Crippen LogP contribution in [0.2, 0.25) is 0 Å². The molecule has 14 heavy (non-hydrogen) atoms. The van der Waals surface area contributed by atoms with Crippen molar-refractivity contribution in [2.45, 2.75) is 25.5 Å². The largest absolute Gasteiger partial charge is 0.387 e. The van der Waals surface area contributed by atoms with E-state index in [1.807, 2.05) is 37.4 Å². The van der Waals surface area contributed by atoms with Crippen LogP contribution in [0.4, 0.5) is 0 Å². The summed E-state index contributed by atoms with van der Waals surface area (Å²) in [6.07, 6.45) is 0.517. The van der Waals surface area contributed by atoms with Gasteiger partial charge >= 0.3 is 0 Å². The zero-order chi connectivity index (χ0) is 9.68. The molecular formula is C11H18ClNO. The molecular weight excluding hydrogens is 198 g/mol. The molecule has 1 aromatic rings. The quantitative estimate of drug-likeness (QED) is 0.807. The Bertz CT molecular complexity index is 236. The van der Waals surface area contributed by atoms with E-state index in [9.17, 15) is 5.11 Å². The lowest BCUT2D eigenvalue weighted by Crippen LogP contribution is -2.31. The van der Waals surface area contributed by atoms with Crippen molar-refractivity contribution < 1.29 is 5.11 Å². The highest BCUT2D eigenvalue weighted by Gasteiger charge is 2.16. The van der Waals surface area contributed by atoms with Gasteiger partial charge in [0.1, 0.15) is 0 Å². The number of nitrogens with one attached hydrogen (secondary N) is 1. The van der Waals surface area contributed by atoms with Gasteiger partial charge in [0, 0.05) is 6.04 Å². The summed E-state index contributed by atoms with van der Waals surface area (Å²) in [5, 5.41) is 13.0. The summed E-state index contributed by atoms with van der Waals surface area (Å²) in [6.45, 7) is 2.06. The molecule has 3 heteroatoms. The van der Waals surface area contributed by atoms with Crippen molar-refractivity contribution >= 4 is 12.4 Å². The lowest BCUT2D eigenvalue weighted by atomic mass is 10.0. The van der Waals surface area contributed by atoms with E-state index in [-0.39, 0.29) is 18.4 Å². The maximum atomic E-state index is 9.92. The monoisotopic (exact) mass is 215 g/mol. The van der Waals surface area contributed by atoms with E-state index in [2.05, 4.69) is 12.2 Å². The molecule has 80 valence electrons. The highest BCUT2D eigenvalue weighted by atomic mass is 35.5. The minimum absolute atomic E-state index is 0. The van der Waals surface area contributed by atoms with Crippen LogP contribution in [0.25, 0.3) is 0 Å². The van der Waals surface area contributed by atoms with Gasteiger partial charge < -0.3 is 10.4 Å². The second kappa shape index (κ2) is 6.82. The van der Waals surface area contributed by atoms with E-state index >= 15 is 0 Å². The Balaban J connectivity index is 0.00000169. The normalized spacial score (nSPS) is 14.2. The molecule has 0 radical (unpaired) electrons. The number of aliphatic hydroxyl groups excluding tert-OH is 1. The predicted octanol–water partition coefficient (Wildman–Crippen LogP) is 2.14. The SMILES string of the molecule is CC[C@H](NC)[C@@H](O)c1ccccc1.Cl. The fraction of sp³-hybridized carbons (Fsp3) is 0.455. The molecule has 2 atom stereocenters. The van der Waals surface area contributed by atoms with E-state index in [0.29, 0.717) is 0 Å². The van der Waals surface area contributed by atoms with E-state index in [1.54, 1.807) is 0 Å². The number of hydrogen-bond acceptors (Lipinski definition) is 2. The van der Waals surface area contributed by atoms with Crippen molar-refractivity contribution in [1.82, 2.24) is 5.32 Å². The molecule has 0 aliphatic rings. The molecule has 1 rings (SSSR count). The van der Waals surface area contributed by atoms with Gasteiger partial charge in [-0.1, -0.05) is 37.3 Å². The van der Waals surface area contributed by atoms with Crippen molar-refractivity contribution in [1.29, 1.82) is 0 Å². The lowest BCUT2D eigenvalue weighted by Gasteiger charge is -2.21. The molecule has 0 spiro atoms. The molecule has 0 fully saturated rings.